The van der Waals surface area contributed by atoms with Gasteiger partial charge < -0.3 is 5.32 Å². The van der Waals surface area contributed by atoms with Crippen LogP contribution in [0.3, 0.4) is 0 Å². The second-order valence-electron chi connectivity index (χ2n) is 6.17. The summed E-state index contributed by atoms with van der Waals surface area (Å²) in [6.07, 6.45) is 11.8. The van der Waals surface area contributed by atoms with Crippen molar-refractivity contribution in [2.24, 2.45) is 0 Å². The monoisotopic (exact) mass is 301 g/mol. The molecule has 0 spiro atoms. The Morgan fingerprint density at radius 1 is 1.29 bits per heavy atom. The van der Waals surface area contributed by atoms with Gasteiger partial charge in [0.1, 0.15) is 11.9 Å². The number of nitrogens with zero attached hydrogens (tertiary/aromatic N) is 2. The minimum Gasteiger partial charge on any atom is -0.366 e. The van der Waals surface area contributed by atoms with Crippen molar-refractivity contribution < 1.29 is 0 Å². The Labute approximate surface area is 131 Å². The van der Waals surface area contributed by atoms with Gasteiger partial charge in [0.25, 0.3) is 0 Å². The lowest BCUT2D eigenvalue weighted by atomic mass is 9.93. The Morgan fingerprint density at radius 2 is 2.14 bits per heavy atom. The lowest BCUT2D eigenvalue weighted by Crippen LogP contribution is -2.29. The number of anilines is 1. The summed E-state index contributed by atoms with van der Waals surface area (Å²) in [5.41, 5.74) is 3.22. The number of aromatic nitrogens is 1. The van der Waals surface area contributed by atoms with Crippen LogP contribution in [-0.2, 0) is 12.8 Å². The Hall–Kier alpha value is -1.21. The van der Waals surface area contributed by atoms with E-state index in [1.165, 1.54) is 49.8 Å². The quantitative estimate of drug-likeness (QED) is 0.919. The molecule has 21 heavy (non-hydrogen) atoms. The fourth-order valence-electron chi connectivity index (χ4n) is 3.51. The van der Waals surface area contributed by atoms with Crippen molar-refractivity contribution in [2.45, 2.75) is 62.7 Å². The van der Waals surface area contributed by atoms with Crippen LogP contribution in [0.5, 0.6) is 0 Å². The van der Waals surface area contributed by atoms with Crippen LogP contribution in [0.4, 0.5) is 5.82 Å². The van der Waals surface area contributed by atoms with Crippen LogP contribution in [-0.4, -0.2) is 22.5 Å². The molecular weight excluding hydrogens is 278 g/mol. The molecule has 0 aliphatic heterocycles. The molecule has 0 radical (unpaired) electrons. The summed E-state index contributed by atoms with van der Waals surface area (Å²) in [6, 6.07) is 4.87. The number of hydrogen-bond acceptors (Lipinski definition) is 4. The molecule has 2 unspecified atom stereocenters. The van der Waals surface area contributed by atoms with Gasteiger partial charge in [0.2, 0.25) is 0 Å². The fraction of sp³-hybridized carbons (Fsp3) is 0.647. The van der Waals surface area contributed by atoms with Crippen molar-refractivity contribution in [3.05, 3.63) is 22.9 Å². The SMILES string of the molecule is CSC1CCCC(Nc2nc3c(cc2C#N)CCCC3)C1. The van der Waals surface area contributed by atoms with Crippen LogP contribution in [0.25, 0.3) is 0 Å². The molecule has 0 saturated heterocycles. The predicted molar refractivity (Wildman–Crippen MR) is 88.8 cm³/mol. The van der Waals surface area contributed by atoms with E-state index in [9.17, 15) is 5.26 Å². The van der Waals surface area contributed by atoms with Gasteiger partial charge in [-0.25, -0.2) is 4.98 Å². The predicted octanol–water partition coefficient (Wildman–Crippen LogP) is 3.92. The summed E-state index contributed by atoms with van der Waals surface area (Å²) in [5.74, 6) is 0.824. The summed E-state index contributed by atoms with van der Waals surface area (Å²) in [4.78, 5) is 4.79. The van der Waals surface area contributed by atoms with Gasteiger partial charge in [-0.15, -0.1) is 0 Å². The van der Waals surface area contributed by atoms with Gasteiger partial charge in [-0.1, -0.05) is 6.42 Å². The van der Waals surface area contributed by atoms with Gasteiger partial charge in [-0.05, 0) is 62.8 Å². The fourth-order valence-corrected chi connectivity index (χ4v) is 4.34. The average Bonchev–Trinajstić information content (AvgIpc) is 2.54. The molecule has 2 aliphatic carbocycles. The van der Waals surface area contributed by atoms with Crippen LogP contribution in [0, 0.1) is 11.3 Å². The molecule has 1 aromatic rings. The van der Waals surface area contributed by atoms with E-state index >= 15 is 0 Å². The molecule has 1 N–H and O–H groups in total. The smallest absolute Gasteiger partial charge is 0.144 e. The third-order valence-electron chi connectivity index (χ3n) is 4.72. The van der Waals surface area contributed by atoms with Crippen molar-refractivity contribution in [3.63, 3.8) is 0 Å². The van der Waals surface area contributed by atoms with Crippen LogP contribution in [0.1, 0.15) is 55.3 Å². The molecule has 0 amide bonds. The molecule has 2 aliphatic rings. The molecule has 4 heteroatoms. The average molecular weight is 301 g/mol. The first-order valence-electron chi connectivity index (χ1n) is 8.02. The molecule has 1 aromatic heterocycles. The van der Waals surface area contributed by atoms with Crippen LogP contribution in [0.15, 0.2) is 6.07 Å². The number of pyridine rings is 1. The van der Waals surface area contributed by atoms with E-state index < -0.39 is 0 Å². The number of nitriles is 1. The first-order chi connectivity index (χ1) is 10.3. The van der Waals surface area contributed by atoms with Gasteiger partial charge in [-0.3, -0.25) is 0 Å². The van der Waals surface area contributed by atoms with Crippen molar-refractivity contribution in [3.8, 4) is 6.07 Å². The highest BCUT2D eigenvalue weighted by Crippen LogP contribution is 2.30. The lowest BCUT2D eigenvalue weighted by molar-refractivity contribution is 0.472. The molecule has 0 aromatic carbocycles. The van der Waals surface area contributed by atoms with Crippen molar-refractivity contribution >= 4 is 17.6 Å². The number of rotatable bonds is 3. The Kier molecular flexibility index (Phi) is 4.70. The second-order valence-corrected chi connectivity index (χ2v) is 7.31. The van der Waals surface area contributed by atoms with Crippen molar-refractivity contribution in [1.29, 1.82) is 5.26 Å². The molecule has 2 atom stereocenters. The maximum atomic E-state index is 9.41. The molecular formula is C17H23N3S. The first kappa shape index (κ1) is 14.7. The van der Waals surface area contributed by atoms with E-state index in [4.69, 9.17) is 4.98 Å². The normalized spacial score (nSPS) is 25.0. The highest BCUT2D eigenvalue weighted by molar-refractivity contribution is 7.99. The van der Waals surface area contributed by atoms with Gasteiger partial charge in [0.05, 0.1) is 5.56 Å². The van der Waals surface area contributed by atoms with Crippen LogP contribution < -0.4 is 5.32 Å². The Balaban J connectivity index is 1.79. The van der Waals surface area contributed by atoms with E-state index in [0.29, 0.717) is 6.04 Å². The molecule has 1 heterocycles. The molecule has 0 bridgehead atoms. The summed E-state index contributed by atoms with van der Waals surface area (Å²) in [7, 11) is 0. The second kappa shape index (κ2) is 6.70. The summed E-state index contributed by atoms with van der Waals surface area (Å²) >= 11 is 1.97. The molecule has 1 saturated carbocycles. The standard InChI is InChI=1S/C17H23N3S/c1-21-15-7-4-6-14(10-15)19-17-13(11-18)9-12-5-2-3-8-16(12)20-17/h9,14-15H,2-8,10H2,1H3,(H,19,20). The summed E-state index contributed by atoms with van der Waals surface area (Å²) in [6.45, 7) is 0. The highest BCUT2D eigenvalue weighted by atomic mass is 32.2. The molecule has 112 valence electrons. The molecule has 1 fully saturated rings. The third-order valence-corrected chi connectivity index (χ3v) is 5.82. The Morgan fingerprint density at radius 3 is 2.95 bits per heavy atom. The number of fused-ring (bicyclic) bond motifs is 1. The zero-order chi connectivity index (χ0) is 14.7. The zero-order valence-electron chi connectivity index (χ0n) is 12.7. The minimum atomic E-state index is 0.470. The maximum Gasteiger partial charge on any atom is 0.144 e. The van der Waals surface area contributed by atoms with Gasteiger partial charge in [0.15, 0.2) is 0 Å². The van der Waals surface area contributed by atoms with Gasteiger partial charge in [-0.2, -0.15) is 17.0 Å². The first-order valence-corrected chi connectivity index (χ1v) is 9.31. The van der Waals surface area contributed by atoms with E-state index in [2.05, 4.69) is 23.7 Å². The zero-order valence-corrected chi connectivity index (χ0v) is 13.5. The largest absolute Gasteiger partial charge is 0.366 e. The highest BCUT2D eigenvalue weighted by Gasteiger charge is 2.23. The van der Waals surface area contributed by atoms with Gasteiger partial charge in [0, 0.05) is 17.0 Å². The number of hydrogen-bond donors (Lipinski definition) is 1. The number of nitrogens with one attached hydrogen (secondary N) is 1. The maximum absolute atomic E-state index is 9.41. The summed E-state index contributed by atoms with van der Waals surface area (Å²) in [5, 5.41) is 13.7. The lowest BCUT2D eigenvalue weighted by Gasteiger charge is -2.29. The van der Waals surface area contributed by atoms with E-state index in [-0.39, 0.29) is 0 Å². The van der Waals surface area contributed by atoms with E-state index in [0.717, 1.165) is 29.5 Å². The Bertz CT molecular complexity index is 550. The van der Waals surface area contributed by atoms with Crippen molar-refractivity contribution in [1.82, 2.24) is 4.98 Å². The van der Waals surface area contributed by atoms with Crippen LogP contribution in [0.2, 0.25) is 0 Å². The molecule has 3 nitrogen and oxygen atoms in total. The summed E-state index contributed by atoms with van der Waals surface area (Å²) < 4.78 is 0. The third kappa shape index (κ3) is 3.35. The molecule has 3 rings (SSSR count). The van der Waals surface area contributed by atoms with Crippen LogP contribution >= 0.6 is 11.8 Å². The minimum absolute atomic E-state index is 0.470. The van der Waals surface area contributed by atoms with Crippen molar-refractivity contribution in [2.75, 3.05) is 11.6 Å². The van der Waals surface area contributed by atoms with E-state index in [1.807, 2.05) is 11.8 Å². The van der Waals surface area contributed by atoms with E-state index in [1.54, 1.807) is 0 Å². The van der Waals surface area contributed by atoms with Gasteiger partial charge >= 0.3 is 0 Å². The topological polar surface area (TPSA) is 48.7 Å². The number of thioether (sulfide) groups is 1. The number of aryl methyl sites for hydroxylation is 2.